The molecule has 1 amide bonds. The van der Waals surface area contributed by atoms with Crippen molar-refractivity contribution in [2.75, 3.05) is 13.6 Å². The number of allylic oxidation sites excluding steroid dienone is 5. The van der Waals surface area contributed by atoms with E-state index in [1.54, 1.807) is 49.6 Å². The van der Waals surface area contributed by atoms with Crippen LogP contribution in [0.1, 0.15) is 44.0 Å². The zero-order chi connectivity index (χ0) is 22.1. The molecule has 1 N–H and O–H groups in total. The molecule has 0 saturated heterocycles. The van der Waals surface area contributed by atoms with Gasteiger partial charge in [0, 0.05) is 24.9 Å². The maximum Gasteiger partial charge on any atom is 0.255 e. The molecule has 6 heteroatoms. The minimum atomic E-state index is -3.68. The fourth-order valence-corrected chi connectivity index (χ4v) is 3.59. The molecular weight excluding hydrogens is 384 g/mol. The van der Waals surface area contributed by atoms with Gasteiger partial charge in [-0.15, -0.1) is 0 Å². The van der Waals surface area contributed by atoms with E-state index in [-0.39, 0.29) is 15.9 Å². The maximum atomic E-state index is 12.9. The topological polar surface area (TPSA) is 66.5 Å². The number of hydrogen-bond acceptors (Lipinski definition) is 3. The number of benzene rings is 1. The van der Waals surface area contributed by atoms with E-state index in [9.17, 15) is 13.2 Å². The SMILES string of the molecule is C=C/C=C\C(=C/C=C)NC(=O)c1cccc(S(=O)(=O)N(C)CCC(C)(C)CC)c1. The number of hydrogen-bond donors (Lipinski definition) is 1. The molecule has 1 aromatic rings. The normalized spacial score (nSPS) is 12.9. The summed E-state index contributed by atoms with van der Waals surface area (Å²) in [4.78, 5) is 12.7. The summed E-state index contributed by atoms with van der Waals surface area (Å²) >= 11 is 0. The quantitative estimate of drug-likeness (QED) is 0.533. The number of sulfonamides is 1. The van der Waals surface area contributed by atoms with Crippen molar-refractivity contribution in [3.63, 3.8) is 0 Å². The molecule has 0 aliphatic rings. The van der Waals surface area contributed by atoms with Gasteiger partial charge in [-0.05, 0) is 42.2 Å². The van der Waals surface area contributed by atoms with Crippen molar-refractivity contribution >= 4 is 15.9 Å². The average Bonchev–Trinajstić information content (AvgIpc) is 2.70. The Morgan fingerprint density at radius 2 is 1.93 bits per heavy atom. The Morgan fingerprint density at radius 3 is 2.52 bits per heavy atom. The second-order valence-electron chi connectivity index (χ2n) is 7.53. The average molecular weight is 417 g/mol. The van der Waals surface area contributed by atoms with Gasteiger partial charge in [-0.25, -0.2) is 12.7 Å². The Bertz CT molecular complexity index is 896. The molecule has 0 bridgehead atoms. The molecular formula is C23H32N2O3S. The number of rotatable bonds is 11. The maximum absolute atomic E-state index is 12.9. The van der Waals surface area contributed by atoms with Crippen LogP contribution in [0, 0.1) is 5.41 Å². The summed E-state index contributed by atoms with van der Waals surface area (Å²) in [6, 6.07) is 6.06. The van der Waals surface area contributed by atoms with Crippen LogP contribution in [-0.4, -0.2) is 32.2 Å². The minimum Gasteiger partial charge on any atom is -0.322 e. The van der Waals surface area contributed by atoms with Crippen molar-refractivity contribution in [1.29, 1.82) is 0 Å². The van der Waals surface area contributed by atoms with Crippen LogP contribution in [0.25, 0.3) is 0 Å². The van der Waals surface area contributed by atoms with Gasteiger partial charge in [-0.1, -0.05) is 64.6 Å². The van der Waals surface area contributed by atoms with Gasteiger partial charge in [0.2, 0.25) is 10.0 Å². The zero-order valence-corrected chi connectivity index (χ0v) is 18.6. The summed E-state index contributed by atoms with van der Waals surface area (Å²) < 4.78 is 27.2. The molecule has 1 rings (SSSR count). The van der Waals surface area contributed by atoms with Crippen LogP contribution in [0.15, 0.2) is 78.4 Å². The molecule has 0 unspecified atom stereocenters. The second-order valence-corrected chi connectivity index (χ2v) is 9.57. The molecule has 158 valence electrons. The molecule has 0 fully saturated rings. The third-order valence-electron chi connectivity index (χ3n) is 4.83. The van der Waals surface area contributed by atoms with Crippen molar-refractivity contribution in [1.82, 2.24) is 9.62 Å². The molecule has 0 aliphatic heterocycles. The Morgan fingerprint density at radius 1 is 1.24 bits per heavy atom. The second kappa shape index (κ2) is 10.9. The van der Waals surface area contributed by atoms with E-state index < -0.39 is 15.9 Å². The smallest absolute Gasteiger partial charge is 0.255 e. The third-order valence-corrected chi connectivity index (χ3v) is 6.68. The van der Waals surface area contributed by atoms with Crippen molar-refractivity contribution in [2.45, 2.75) is 38.5 Å². The minimum absolute atomic E-state index is 0.0678. The number of nitrogens with one attached hydrogen (secondary N) is 1. The summed E-state index contributed by atoms with van der Waals surface area (Å²) in [5, 5.41) is 2.74. The molecule has 0 aromatic heterocycles. The fraction of sp³-hybridized carbons (Fsp3) is 0.348. The van der Waals surface area contributed by atoms with Crippen LogP contribution in [-0.2, 0) is 10.0 Å². The van der Waals surface area contributed by atoms with E-state index >= 15 is 0 Å². The molecule has 5 nitrogen and oxygen atoms in total. The summed E-state index contributed by atoms with van der Waals surface area (Å²) in [7, 11) is -2.11. The van der Waals surface area contributed by atoms with Gasteiger partial charge in [0.05, 0.1) is 4.90 Å². The van der Waals surface area contributed by atoms with Crippen molar-refractivity contribution < 1.29 is 13.2 Å². The van der Waals surface area contributed by atoms with E-state index in [0.29, 0.717) is 12.2 Å². The van der Waals surface area contributed by atoms with Gasteiger partial charge >= 0.3 is 0 Å². The highest BCUT2D eigenvalue weighted by molar-refractivity contribution is 7.89. The molecule has 29 heavy (non-hydrogen) atoms. The molecule has 0 saturated carbocycles. The van der Waals surface area contributed by atoms with E-state index in [2.05, 4.69) is 39.2 Å². The number of carbonyl (C=O) groups is 1. The highest BCUT2D eigenvalue weighted by atomic mass is 32.2. The van der Waals surface area contributed by atoms with E-state index in [4.69, 9.17) is 0 Å². The summed E-state index contributed by atoms with van der Waals surface area (Å²) in [5.41, 5.74) is 0.852. The Balaban J connectivity index is 3.04. The first-order valence-corrected chi connectivity index (χ1v) is 11.0. The first-order valence-electron chi connectivity index (χ1n) is 9.57. The largest absolute Gasteiger partial charge is 0.322 e. The van der Waals surface area contributed by atoms with E-state index in [0.717, 1.165) is 12.8 Å². The lowest BCUT2D eigenvalue weighted by Gasteiger charge is -2.26. The molecule has 0 heterocycles. The summed E-state index contributed by atoms with van der Waals surface area (Å²) in [6.45, 7) is 14.0. The van der Waals surface area contributed by atoms with Crippen LogP contribution in [0.2, 0.25) is 0 Å². The molecule has 0 radical (unpaired) electrons. The lowest BCUT2D eigenvalue weighted by Crippen LogP contribution is -2.31. The first kappa shape index (κ1) is 24.6. The third kappa shape index (κ3) is 7.48. The van der Waals surface area contributed by atoms with E-state index in [1.165, 1.54) is 16.4 Å². The van der Waals surface area contributed by atoms with Crippen molar-refractivity contribution in [2.24, 2.45) is 5.41 Å². The van der Waals surface area contributed by atoms with Crippen LogP contribution in [0.5, 0.6) is 0 Å². The number of carbonyl (C=O) groups excluding carboxylic acids is 1. The van der Waals surface area contributed by atoms with Gasteiger partial charge in [-0.2, -0.15) is 0 Å². The molecule has 0 atom stereocenters. The highest BCUT2D eigenvalue weighted by Gasteiger charge is 2.24. The zero-order valence-electron chi connectivity index (χ0n) is 17.8. The predicted molar refractivity (Wildman–Crippen MR) is 120 cm³/mol. The van der Waals surface area contributed by atoms with Crippen molar-refractivity contribution in [3.8, 4) is 0 Å². The lowest BCUT2D eigenvalue weighted by atomic mass is 9.87. The molecule has 0 aliphatic carbocycles. The summed E-state index contributed by atoms with van der Waals surface area (Å²) in [5.74, 6) is -0.404. The Kier molecular flexibility index (Phi) is 9.27. The summed E-state index contributed by atoms with van der Waals surface area (Å²) in [6.07, 6.45) is 9.87. The van der Waals surface area contributed by atoms with Gasteiger partial charge < -0.3 is 5.32 Å². The Hall–Kier alpha value is -2.44. The number of nitrogens with zero attached hydrogens (tertiary/aromatic N) is 1. The fourth-order valence-electron chi connectivity index (χ4n) is 2.38. The van der Waals surface area contributed by atoms with Crippen LogP contribution < -0.4 is 5.32 Å². The monoisotopic (exact) mass is 416 g/mol. The standard InChI is InChI=1S/C23H32N2O3S/c1-7-10-14-20(12-8-2)24-22(26)19-13-11-15-21(18-19)29(27,28)25(6)17-16-23(4,5)9-3/h7-8,10-15,18H,1-2,9,16-17H2,3-6H3,(H,24,26)/b14-10-,20-12+. The predicted octanol–water partition coefficient (Wildman–Crippen LogP) is 4.68. The molecule has 0 spiro atoms. The van der Waals surface area contributed by atoms with E-state index in [1.807, 2.05) is 0 Å². The van der Waals surface area contributed by atoms with Crippen molar-refractivity contribution in [3.05, 3.63) is 79.1 Å². The van der Waals surface area contributed by atoms with Crippen LogP contribution in [0.4, 0.5) is 0 Å². The highest BCUT2D eigenvalue weighted by Crippen LogP contribution is 2.26. The Labute approximate surface area is 175 Å². The first-order chi connectivity index (χ1) is 13.6. The molecule has 1 aromatic carbocycles. The van der Waals surface area contributed by atoms with Gasteiger partial charge in [0.15, 0.2) is 0 Å². The van der Waals surface area contributed by atoms with Crippen LogP contribution >= 0.6 is 0 Å². The van der Waals surface area contributed by atoms with Gasteiger partial charge in [-0.3, -0.25) is 4.79 Å². The van der Waals surface area contributed by atoms with Gasteiger partial charge in [0.1, 0.15) is 0 Å². The lowest BCUT2D eigenvalue weighted by molar-refractivity contribution is 0.0967. The van der Waals surface area contributed by atoms with Crippen LogP contribution in [0.3, 0.4) is 0 Å². The van der Waals surface area contributed by atoms with Gasteiger partial charge in [0.25, 0.3) is 5.91 Å². The number of amides is 1.